The highest BCUT2D eigenvalue weighted by Crippen LogP contribution is 2.33. The van der Waals surface area contributed by atoms with Crippen molar-refractivity contribution in [3.63, 3.8) is 0 Å². The summed E-state index contributed by atoms with van der Waals surface area (Å²) in [6.07, 6.45) is -4.60. The molecule has 10 heteroatoms. The van der Waals surface area contributed by atoms with Gasteiger partial charge in [0.15, 0.2) is 0 Å². The first-order valence-electron chi connectivity index (χ1n) is 6.96. The van der Waals surface area contributed by atoms with E-state index in [1.165, 1.54) is 17.0 Å². The zero-order valence-electron chi connectivity index (χ0n) is 12.8. The van der Waals surface area contributed by atoms with Gasteiger partial charge in [-0.1, -0.05) is 23.5 Å². The van der Waals surface area contributed by atoms with Crippen molar-refractivity contribution < 1.29 is 22.4 Å². The minimum atomic E-state index is -4.60. The first kappa shape index (κ1) is 18.1. The molecule has 0 radical (unpaired) electrons. The Morgan fingerprint density at radius 2 is 1.92 bits per heavy atom. The van der Waals surface area contributed by atoms with Gasteiger partial charge in [0, 0.05) is 6.54 Å². The molecule has 0 bridgehead atoms. The molecule has 130 valence electrons. The number of halogens is 4. The predicted molar refractivity (Wildman–Crippen MR) is 81.1 cm³/mol. The lowest BCUT2D eigenvalue weighted by Crippen LogP contribution is -2.36. The lowest BCUT2D eigenvalue weighted by Gasteiger charge is -2.28. The van der Waals surface area contributed by atoms with Gasteiger partial charge in [-0.15, -0.1) is 10.2 Å². The Morgan fingerprint density at radius 1 is 1.29 bits per heavy atom. The van der Waals surface area contributed by atoms with E-state index < -0.39 is 29.1 Å². The predicted octanol–water partition coefficient (Wildman–Crippen LogP) is 4.31. The molecule has 0 aliphatic heterocycles. The van der Waals surface area contributed by atoms with Crippen LogP contribution in [0.2, 0.25) is 0 Å². The Bertz CT molecular complexity index is 702. The van der Waals surface area contributed by atoms with E-state index in [9.17, 15) is 22.4 Å². The average molecular weight is 362 g/mol. The van der Waals surface area contributed by atoms with Crippen LogP contribution < -0.4 is 5.32 Å². The number of hydrogen-bond acceptors (Lipinski definition) is 4. The summed E-state index contributed by atoms with van der Waals surface area (Å²) < 4.78 is 50.5. The number of carbonyl (C=O) groups excluding carboxylic acids is 1. The molecule has 2 rings (SSSR count). The fraction of sp³-hybridized carbons (Fsp3) is 0.357. The molecule has 1 atom stereocenters. The number of amides is 2. The molecule has 0 fully saturated rings. The van der Waals surface area contributed by atoms with Crippen molar-refractivity contribution in [2.24, 2.45) is 0 Å². The quantitative estimate of drug-likeness (QED) is 0.825. The number of anilines is 1. The van der Waals surface area contributed by atoms with Crippen molar-refractivity contribution in [3.05, 3.63) is 40.7 Å². The number of carbonyl (C=O) groups is 1. The third-order valence-electron chi connectivity index (χ3n) is 3.30. The molecular weight excluding hydrogens is 348 g/mol. The van der Waals surface area contributed by atoms with Crippen LogP contribution in [0.5, 0.6) is 0 Å². The molecule has 0 saturated heterocycles. The summed E-state index contributed by atoms with van der Waals surface area (Å²) in [6, 6.07) is 4.63. The Hall–Kier alpha value is -2.23. The van der Waals surface area contributed by atoms with Crippen LogP contribution in [0.25, 0.3) is 0 Å². The molecule has 1 heterocycles. The zero-order valence-corrected chi connectivity index (χ0v) is 13.6. The molecule has 24 heavy (non-hydrogen) atoms. The van der Waals surface area contributed by atoms with Crippen molar-refractivity contribution in [2.75, 3.05) is 11.9 Å². The summed E-state index contributed by atoms with van der Waals surface area (Å²) in [5, 5.41) is 7.26. The Morgan fingerprint density at radius 3 is 2.42 bits per heavy atom. The molecule has 2 amide bonds. The van der Waals surface area contributed by atoms with Gasteiger partial charge in [0.05, 0.1) is 6.04 Å². The molecule has 0 aliphatic rings. The van der Waals surface area contributed by atoms with Crippen LogP contribution in [0, 0.1) is 5.82 Å². The molecule has 5 nitrogen and oxygen atoms in total. The summed E-state index contributed by atoms with van der Waals surface area (Å²) in [5.74, 6) is -0.396. The average Bonchev–Trinajstić information content (AvgIpc) is 2.97. The van der Waals surface area contributed by atoms with Crippen molar-refractivity contribution in [1.29, 1.82) is 0 Å². The number of alkyl halides is 3. The van der Waals surface area contributed by atoms with E-state index in [-0.39, 0.29) is 16.5 Å². The van der Waals surface area contributed by atoms with Crippen LogP contribution in [-0.4, -0.2) is 27.7 Å². The standard InChI is InChI=1S/C14H14F4N4OS/c1-3-22(8(2)9-4-6-10(15)7-5-9)13(23)19-12-21-20-11(24-12)14(16,17)18/h4-8H,3H2,1-2H3,(H,19,21,23)/t8-/m1/s1. The summed E-state index contributed by atoms with van der Waals surface area (Å²) in [7, 11) is 0. The SMILES string of the molecule is CCN(C(=O)Nc1nnc(C(F)(F)F)s1)[C@H](C)c1ccc(F)cc1. The number of hydrogen-bond donors (Lipinski definition) is 1. The first-order chi connectivity index (χ1) is 11.2. The van der Waals surface area contributed by atoms with Gasteiger partial charge in [0.25, 0.3) is 0 Å². The summed E-state index contributed by atoms with van der Waals surface area (Å²) in [6.45, 7) is 3.76. The van der Waals surface area contributed by atoms with Crippen molar-refractivity contribution in [1.82, 2.24) is 15.1 Å². The van der Waals surface area contributed by atoms with E-state index >= 15 is 0 Å². The van der Waals surface area contributed by atoms with E-state index in [0.717, 1.165) is 0 Å². The number of urea groups is 1. The molecule has 0 spiro atoms. The molecule has 1 N–H and O–H groups in total. The summed E-state index contributed by atoms with van der Waals surface area (Å²) >= 11 is 0.250. The summed E-state index contributed by atoms with van der Waals surface area (Å²) in [5.41, 5.74) is 0.696. The zero-order chi connectivity index (χ0) is 17.9. The normalized spacial score (nSPS) is 12.8. The topological polar surface area (TPSA) is 58.1 Å². The third kappa shape index (κ3) is 4.19. The van der Waals surface area contributed by atoms with Gasteiger partial charge in [0.1, 0.15) is 5.82 Å². The third-order valence-corrected chi connectivity index (χ3v) is 4.19. The van der Waals surface area contributed by atoms with Gasteiger partial charge in [-0.05, 0) is 31.5 Å². The number of rotatable bonds is 4. The highest BCUT2D eigenvalue weighted by Gasteiger charge is 2.36. The monoisotopic (exact) mass is 362 g/mol. The van der Waals surface area contributed by atoms with Crippen LogP contribution >= 0.6 is 11.3 Å². The van der Waals surface area contributed by atoms with Crippen molar-refractivity contribution in [2.45, 2.75) is 26.1 Å². The van der Waals surface area contributed by atoms with Crippen LogP contribution in [0.15, 0.2) is 24.3 Å². The minimum Gasteiger partial charge on any atom is -0.318 e. The molecule has 0 aliphatic carbocycles. The Kier molecular flexibility index (Phi) is 5.37. The number of aromatic nitrogens is 2. The molecule has 0 unspecified atom stereocenters. The van der Waals surface area contributed by atoms with Crippen LogP contribution in [0.4, 0.5) is 27.5 Å². The van der Waals surface area contributed by atoms with Gasteiger partial charge in [-0.3, -0.25) is 5.32 Å². The van der Waals surface area contributed by atoms with E-state index in [2.05, 4.69) is 15.5 Å². The second-order valence-corrected chi connectivity index (χ2v) is 5.83. The van der Waals surface area contributed by atoms with Crippen LogP contribution in [-0.2, 0) is 6.18 Å². The van der Waals surface area contributed by atoms with E-state index in [1.807, 2.05) is 0 Å². The smallest absolute Gasteiger partial charge is 0.318 e. The van der Waals surface area contributed by atoms with Crippen LogP contribution in [0.3, 0.4) is 0 Å². The molecular formula is C14H14F4N4OS. The number of nitrogens with zero attached hydrogens (tertiary/aromatic N) is 3. The molecule has 2 aromatic rings. The van der Waals surface area contributed by atoms with Gasteiger partial charge in [-0.25, -0.2) is 9.18 Å². The lowest BCUT2D eigenvalue weighted by atomic mass is 10.1. The van der Waals surface area contributed by atoms with Crippen LogP contribution in [0.1, 0.15) is 30.5 Å². The second kappa shape index (κ2) is 7.12. The van der Waals surface area contributed by atoms with Crippen molar-refractivity contribution >= 4 is 22.5 Å². The van der Waals surface area contributed by atoms with Gasteiger partial charge >= 0.3 is 12.2 Å². The maximum absolute atomic E-state index is 13.0. The molecule has 1 aromatic carbocycles. The largest absolute Gasteiger partial charge is 0.445 e. The van der Waals surface area contributed by atoms with E-state index in [0.29, 0.717) is 12.1 Å². The Balaban J connectivity index is 2.11. The molecule has 1 aromatic heterocycles. The number of nitrogens with one attached hydrogen (secondary N) is 1. The van der Waals surface area contributed by atoms with E-state index in [1.54, 1.807) is 26.0 Å². The Labute approximate surface area is 139 Å². The fourth-order valence-electron chi connectivity index (χ4n) is 2.07. The van der Waals surface area contributed by atoms with Gasteiger partial charge in [-0.2, -0.15) is 13.2 Å². The van der Waals surface area contributed by atoms with Crippen molar-refractivity contribution in [3.8, 4) is 0 Å². The van der Waals surface area contributed by atoms with Gasteiger partial charge in [0.2, 0.25) is 10.1 Å². The second-order valence-electron chi connectivity index (χ2n) is 4.85. The first-order valence-corrected chi connectivity index (χ1v) is 7.77. The maximum Gasteiger partial charge on any atom is 0.445 e. The highest BCUT2D eigenvalue weighted by atomic mass is 32.1. The highest BCUT2D eigenvalue weighted by molar-refractivity contribution is 7.15. The number of benzene rings is 1. The lowest BCUT2D eigenvalue weighted by molar-refractivity contribution is -0.138. The fourth-order valence-corrected chi connectivity index (χ4v) is 2.67. The summed E-state index contributed by atoms with van der Waals surface area (Å²) in [4.78, 5) is 13.7. The van der Waals surface area contributed by atoms with E-state index in [4.69, 9.17) is 0 Å². The van der Waals surface area contributed by atoms with Gasteiger partial charge < -0.3 is 4.90 Å². The maximum atomic E-state index is 13.0. The minimum absolute atomic E-state index is 0.239. The molecule has 0 saturated carbocycles.